The van der Waals surface area contributed by atoms with Gasteiger partial charge in [-0.25, -0.2) is 19.6 Å². The monoisotopic (exact) mass is 612 g/mol. The molecule has 1 fully saturated rings. The van der Waals surface area contributed by atoms with Crippen LogP contribution in [0.25, 0.3) is 11.1 Å². The molecule has 1 aliphatic carbocycles. The Bertz CT molecular complexity index is 1540. The largest absolute Gasteiger partial charge is 0.493 e. The number of carbonyl (C=O) groups is 1. The van der Waals surface area contributed by atoms with E-state index in [0.29, 0.717) is 54.3 Å². The second kappa shape index (κ2) is 13.7. The highest BCUT2D eigenvalue weighted by Crippen LogP contribution is 2.44. The van der Waals surface area contributed by atoms with Gasteiger partial charge in [-0.1, -0.05) is 38.8 Å². The van der Waals surface area contributed by atoms with Gasteiger partial charge in [0, 0.05) is 37.1 Å². The van der Waals surface area contributed by atoms with E-state index >= 15 is 0 Å². The molecule has 10 heteroatoms. The van der Waals surface area contributed by atoms with Crippen LogP contribution in [-0.2, 0) is 14.3 Å². The highest BCUT2D eigenvalue weighted by Gasteiger charge is 2.37. The van der Waals surface area contributed by atoms with Gasteiger partial charge in [-0.15, -0.1) is 0 Å². The van der Waals surface area contributed by atoms with Gasteiger partial charge in [-0.05, 0) is 82.2 Å². The fraction of sp³-hybridized carbons (Fsp3) is 0.486. The first-order valence-corrected chi connectivity index (χ1v) is 15.9. The number of hydrogen-bond acceptors (Lipinski definition) is 9. The van der Waals surface area contributed by atoms with E-state index in [4.69, 9.17) is 14.5 Å². The quantitative estimate of drug-likeness (QED) is 0.178. The number of fused-ring (bicyclic) bond motifs is 1. The van der Waals surface area contributed by atoms with Crippen LogP contribution in [0.5, 0.6) is 0 Å². The van der Waals surface area contributed by atoms with Gasteiger partial charge >= 0.3 is 6.09 Å². The maximum absolute atomic E-state index is 12.5. The fourth-order valence-electron chi connectivity index (χ4n) is 5.99. The van der Waals surface area contributed by atoms with Crippen molar-refractivity contribution < 1.29 is 19.1 Å². The Hall–Kier alpha value is -4.43. The third kappa shape index (κ3) is 7.28. The summed E-state index contributed by atoms with van der Waals surface area (Å²) in [5.74, 6) is 4.36. The number of anilines is 3. The molecule has 0 bridgehead atoms. The Morgan fingerprint density at radius 2 is 1.96 bits per heavy atom. The number of rotatable bonds is 9. The first-order chi connectivity index (χ1) is 21.6. The Balaban J connectivity index is 1.36. The van der Waals surface area contributed by atoms with Gasteiger partial charge in [-0.2, -0.15) is 4.98 Å². The van der Waals surface area contributed by atoms with Crippen LogP contribution in [0.3, 0.4) is 0 Å². The molecule has 1 N–H and O–H groups in total. The van der Waals surface area contributed by atoms with Crippen LogP contribution in [0.2, 0.25) is 0 Å². The van der Waals surface area contributed by atoms with Gasteiger partial charge in [0.25, 0.3) is 0 Å². The Kier molecular flexibility index (Phi) is 9.73. The standard InChI is InChI=1S/C35H44N6O4/c1-7-8-19-44-24(3)31-23(2)28-21-37-33(39-32(28)41(29(31)22-42)27-11-9-10-12-27)38-30-14-13-26(20-36-30)25-15-17-40(18-16-25)34(43)45-35(4,5)6/h13-15,20-21,27H,3,7-12,16-19H2,1-2,4-6H3,(H,36,37,38,39). The molecule has 4 heterocycles. The molecule has 2 aliphatic heterocycles. The van der Waals surface area contributed by atoms with Crippen molar-refractivity contribution in [3.8, 4) is 0 Å². The van der Waals surface area contributed by atoms with Crippen molar-refractivity contribution in [1.29, 1.82) is 0 Å². The van der Waals surface area contributed by atoms with E-state index in [9.17, 15) is 9.59 Å². The average Bonchev–Trinajstić information content (AvgIpc) is 3.55. The zero-order chi connectivity index (χ0) is 32.1. The lowest BCUT2D eigenvalue weighted by Crippen LogP contribution is -2.39. The molecular weight excluding hydrogens is 568 g/mol. The SMILES string of the molecule is C=C(OCCCC)C1=C(C)c2cnc(Nc3ccc(C4=CCN(C(=O)OC(C)(C)C)CC4)cn3)nc2N(C2CCCC2)C1=C=O. The molecule has 238 valence electrons. The number of carbonyl (C=O) groups excluding carboxylic acids is 2. The summed E-state index contributed by atoms with van der Waals surface area (Å²) in [5, 5.41) is 3.24. The van der Waals surface area contributed by atoms with Crippen molar-refractivity contribution in [2.45, 2.75) is 91.2 Å². The third-order valence-corrected chi connectivity index (χ3v) is 8.33. The molecule has 2 aromatic heterocycles. The molecule has 0 saturated heterocycles. The van der Waals surface area contributed by atoms with E-state index in [1.807, 2.05) is 57.0 Å². The zero-order valence-corrected chi connectivity index (χ0v) is 27.1. The van der Waals surface area contributed by atoms with E-state index in [2.05, 4.69) is 34.7 Å². The molecule has 0 atom stereocenters. The molecule has 10 nitrogen and oxygen atoms in total. The van der Waals surface area contributed by atoms with Gasteiger partial charge in [0.1, 0.15) is 28.7 Å². The highest BCUT2D eigenvalue weighted by molar-refractivity contribution is 5.91. The number of hydrogen-bond donors (Lipinski definition) is 1. The predicted molar refractivity (Wildman–Crippen MR) is 176 cm³/mol. The van der Waals surface area contributed by atoms with Gasteiger partial charge in [0.05, 0.1) is 12.2 Å². The number of nitrogens with zero attached hydrogens (tertiary/aromatic N) is 5. The van der Waals surface area contributed by atoms with Crippen molar-refractivity contribution in [2.75, 3.05) is 29.9 Å². The summed E-state index contributed by atoms with van der Waals surface area (Å²) < 4.78 is 11.5. The van der Waals surface area contributed by atoms with Gasteiger partial charge in [0.2, 0.25) is 5.95 Å². The van der Waals surface area contributed by atoms with E-state index in [1.54, 1.807) is 11.1 Å². The number of amides is 1. The summed E-state index contributed by atoms with van der Waals surface area (Å²) >= 11 is 0. The summed E-state index contributed by atoms with van der Waals surface area (Å²) in [4.78, 5) is 42.8. The second-order valence-electron chi connectivity index (χ2n) is 12.8. The lowest BCUT2D eigenvalue weighted by atomic mass is 9.93. The van der Waals surface area contributed by atoms with E-state index < -0.39 is 5.60 Å². The average molecular weight is 613 g/mol. The molecule has 1 amide bonds. The van der Waals surface area contributed by atoms with Crippen molar-refractivity contribution in [2.24, 2.45) is 0 Å². The second-order valence-corrected chi connectivity index (χ2v) is 12.8. The molecule has 0 radical (unpaired) electrons. The molecule has 1 saturated carbocycles. The fourth-order valence-corrected chi connectivity index (χ4v) is 5.99. The van der Waals surface area contributed by atoms with Crippen LogP contribution in [0.1, 0.15) is 90.7 Å². The zero-order valence-electron chi connectivity index (χ0n) is 27.1. The molecular formula is C35H44N6O4. The Morgan fingerprint density at radius 3 is 2.58 bits per heavy atom. The number of unbranched alkanes of at least 4 members (excludes halogenated alkanes) is 1. The first kappa shape index (κ1) is 32.0. The number of aromatic nitrogens is 3. The lowest BCUT2D eigenvalue weighted by molar-refractivity contribution is 0.0270. The normalized spacial score (nSPS) is 17.1. The van der Waals surface area contributed by atoms with Gasteiger partial charge < -0.3 is 24.6 Å². The minimum absolute atomic E-state index is 0.127. The van der Waals surface area contributed by atoms with Crippen LogP contribution in [-0.4, -0.2) is 63.2 Å². The predicted octanol–water partition coefficient (Wildman–Crippen LogP) is 7.22. The number of nitrogens with one attached hydrogen (secondary N) is 1. The van der Waals surface area contributed by atoms with E-state index in [0.717, 1.165) is 67.2 Å². The molecule has 3 aliphatic rings. The maximum Gasteiger partial charge on any atom is 0.410 e. The molecule has 0 unspecified atom stereocenters. The third-order valence-electron chi connectivity index (χ3n) is 8.33. The summed E-state index contributed by atoms with van der Waals surface area (Å²) in [7, 11) is 0. The highest BCUT2D eigenvalue weighted by atomic mass is 16.6. The Morgan fingerprint density at radius 1 is 1.18 bits per heavy atom. The van der Waals surface area contributed by atoms with Crippen LogP contribution in [0.4, 0.5) is 22.4 Å². The van der Waals surface area contributed by atoms with Crippen molar-refractivity contribution >= 4 is 40.8 Å². The molecule has 0 aromatic carbocycles. The van der Waals surface area contributed by atoms with E-state index in [-0.39, 0.29) is 12.1 Å². The number of allylic oxidation sites excluding steroid dienone is 1. The van der Waals surface area contributed by atoms with Crippen LogP contribution >= 0.6 is 0 Å². The molecule has 45 heavy (non-hydrogen) atoms. The number of ether oxygens (including phenoxy) is 2. The maximum atomic E-state index is 12.5. The van der Waals surface area contributed by atoms with Gasteiger partial charge in [0.15, 0.2) is 5.94 Å². The van der Waals surface area contributed by atoms with Crippen LogP contribution in [0.15, 0.2) is 54.2 Å². The minimum atomic E-state index is -0.520. The topological polar surface area (TPSA) is 110 Å². The molecule has 2 aromatic rings. The van der Waals surface area contributed by atoms with Crippen molar-refractivity contribution in [3.05, 3.63) is 65.3 Å². The summed E-state index contributed by atoms with van der Waals surface area (Å²) in [5.41, 5.74) is 4.40. The molecule has 5 rings (SSSR count). The summed E-state index contributed by atoms with van der Waals surface area (Å²) in [6.45, 7) is 15.5. The lowest BCUT2D eigenvalue weighted by Gasteiger charge is -2.37. The van der Waals surface area contributed by atoms with Crippen molar-refractivity contribution in [3.63, 3.8) is 0 Å². The number of pyridine rings is 1. The van der Waals surface area contributed by atoms with E-state index in [1.165, 1.54) is 0 Å². The van der Waals surface area contributed by atoms with Crippen LogP contribution < -0.4 is 10.2 Å². The summed E-state index contributed by atoms with van der Waals surface area (Å²) in [6.07, 6.45) is 12.1. The van der Waals surface area contributed by atoms with Crippen LogP contribution in [0, 0.1) is 0 Å². The minimum Gasteiger partial charge on any atom is -0.493 e. The molecule has 0 spiro atoms. The summed E-state index contributed by atoms with van der Waals surface area (Å²) in [6, 6.07) is 4.03. The smallest absolute Gasteiger partial charge is 0.410 e. The first-order valence-electron chi connectivity index (χ1n) is 15.9. The Labute approximate surface area is 265 Å². The van der Waals surface area contributed by atoms with Gasteiger partial charge in [-0.3, -0.25) is 0 Å². The van der Waals surface area contributed by atoms with Crippen molar-refractivity contribution in [1.82, 2.24) is 19.9 Å².